The summed E-state index contributed by atoms with van der Waals surface area (Å²) in [6, 6.07) is 12.4. The van der Waals surface area contributed by atoms with Gasteiger partial charge in [0.25, 0.3) is 0 Å². The zero-order valence-corrected chi connectivity index (χ0v) is 21.4. The van der Waals surface area contributed by atoms with Gasteiger partial charge in [-0.25, -0.2) is 9.97 Å². The van der Waals surface area contributed by atoms with E-state index in [0.717, 1.165) is 76.4 Å². The third kappa shape index (κ3) is 9.61. The van der Waals surface area contributed by atoms with E-state index in [1.54, 1.807) is 0 Å². The van der Waals surface area contributed by atoms with Gasteiger partial charge in [-0.15, -0.1) is 35.7 Å². The first-order valence-corrected chi connectivity index (χ1v) is 11.8. The van der Waals surface area contributed by atoms with Crippen LogP contribution in [0, 0.1) is 0 Å². The molecule has 2 aromatic rings. The SMILES string of the molecule is CCNC(=NCCCN1CCN(c2ncccn2)CC1)NCCSc1ccccc1.I. The number of nitrogens with zero attached hydrogens (tertiary/aromatic N) is 5. The second-order valence-corrected chi connectivity index (χ2v) is 8.25. The highest BCUT2D eigenvalue weighted by Gasteiger charge is 2.18. The summed E-state index contributed by atoms with van der Waals surface area (Å²) in [4.78, 5) is 19.5. The zero-order valence-electron chi connectivity index (χ0n) is 18.2. The van der Waals surface area contributed by atoms with Gasteiger partial charge in [0, 0.05) is 75.4 Å². The van der Waals surface area contributed by atoms with Gasteiger partial charge in [-0.2, -0.15) is 0 Å². The van der Waals surface area contributed by atoms with E-state index in [1.807, 2.05) is 30.2 Å². The number of benzene rings is 1. The molecule has 0 saturated carbocycles. The van der Waals surface area contributed by atoms with E-state index in [9.17, 15) is 0 Å². The molecule has 0 atom stereocenters. The molecular formula is C22H34IN7S. The van der Waals surface area contributed by atoms with E-state index in [0.29, 0.717) is 0 Å². The van der Waals surface area contributed by atoms with Gasteiger partial charge >= 0.3 is 0 Å². The van der Waals surface area contributed by atoms with Crippen LogP contribution in [0.4, 0.5) is 5.95 Å². The monoisotopic (exact) mass is 555 g/mol. The summed E-state index contributed by atoms with van der Waals surface area (Å²) in [5.41, 5.74) is 0. The fourth-order valence-corrected chi connectivity index (χ4v) is 4.10. The minimum atomic E-state index is 0. The van der Waals surface area contributed by atoms with Crippen LogP contribution in [0.1, 0.15) is 13.3 Å². The lowest BCUT2D eigenvalue weighted by molar-refractivity contribution is 0.255. The third-order valence-electron chi connectivity index (χ3n) is 4.86. The maximum atomic E-state index is 4.73. The fourth-order valence-electron chi connectivity index (χ4n) is 3.31. The van der Waals surface area contributed by atoms with Gasteiger partial charge in [0.15, 0.2) is 5.96 Å². The average Bonchev–Trinajstić information content (AvgIpc) is 2.81. The van der Waals surface area contributed by atoms with Crippen LogP contribution in [-0.4, -0.2) is 78.9 Å². The van der Waals surface area contributed by atoms with Gasteiger partial charge < -0.3 is 15.5 Å². The molecular weight excluding hydrogens is 521 g/mol. The first kappa shape index (κ1) is 25.7. The van der Waals surface area contributed by atoms with E-state index in [4.69, 9.17) is 4.99 Å². The number of hydrogen-bond donors (Lipinski definition) is 2. The quantitative estimate of drug-likeness (QED) is 0.154. The molecule has 2 N–H and O–H groups in total. The maximum Gasteiger partial charge on any atom is 0.225 e. The summed E-state index contributed by atoms with van der Waals surface area (Å²) in [5, 5.41) is 6.78. The van der Waals surface area contributed by atoms with Crippen molar-refractivity contribution in [3.05, 3.63) is 48.8 Å². The second kappa shape index (κ2) is 15.3. The predicted octanol–water partition coefficient (Wildman–Crippen LogP) is 2.95. The number of hydrogen-bond acceptors (Lipinski definition) is 6. The van der Waals surface area contributed by atoms with Crippen LogP contribution < -0.4 is 15.5 Å². The molecule has 1 fully saturated rings. The van der Waals surface area contributed by atoms with Crippen molar-refractivity contribution in [2.75, 3.05) is 63.0 Å². The maximum absolute atomic E-state index is 4.73. The van der Waals surface area contributed by atoms with Crippen molar-refractivity contribution in [1.29, 1.82) is 0 Å². The molecule has 1 aromatic heterocycles. The molecule has 1 aromatic carbocycles. The summed E-state index contributed by atoms with van der Waals surface area (Å²) < 4.78 is 0. The number of aliphatic imine (C=N–C) groups is 1. The molecule has 170 valence electrons. The van der Waals surface area contributed by atoms with Crippen molar-refractivity contribution < 1.29 is 0 Å². The van der Waals surface area contributed by atoms with Gasteiger partial charge in [-0.05, 0) is 31.5 Å². The Balaban J connectivity index is 0.00000341. The number of anilines is 1. The van der Waals surface area contributed by atoms with Gasteiger partial charge in [-0.3, -0.25) is 9.89 Å². The Morgan fingerprint density at radius 2 is 1.77 bits per heavy atom. The average molecular weight is 556 g/mol. The van der Waals surface area contributed by atoms with Gasteiger partial charge in [-0.1, -0.05) is 18.2 Å². The van der Waals surface area contributed by atoms with Crippen LogP contribution in [0.3, 0.4) is 0 Å². The predicted molar refractivity (Wildman–Crippen MR) is 142 cm³/mol. The van der Waals surface area contributed by atoms with Crippen molar-refractivity contribution in [1.82, 2.24) is 25.5 Å². The summed E-state index contributed by atoms with van der Waals surface area (Å²) in [6.45, 7) is 9.86. The molecule has 0 aliphatic carbocycles. The minimum Gasteiger partial charge on any atom is -0.357 e. The highest BCUT2D eigenvalue weighted by molar-refractivity contribution is 14.0. The molecule has 1 aliphatic rings. The lowest BCUT2D eigenvalue weighted by atomic mass is 10.3. The van der Waals surface area contributed by atoms with Crippen LogP contribution in [-0.2, 0) is 0 Å². The number of nitrogens with one attached hydrogen (secondary N) is 2. The zero-order chi connectivity index (χ0) is 20.9. The second-order valence-electron chi connectivity index (χ2n) is 7.08. The normalized spacial score (nSPS) is 14.7. The van der Waals surface area contributed by atoms with Crippen molar-refractivity contribution in [3.8, 4) is 0 Å². The van der Waals surface area contributed by atoms with Crippen LogP contribution in [0.5, 0.6) is 0 Å². The molecule has 1 saturated heterocycles. The summed E-state index contributed by atoms with van der Waals surface area (Å²) in [5.74, 6) is 2.77. The van der Waals surface area contributed by atoms with Crippen molar-refractivity contribution in [3.63, 3.8) is 0 Å². The topological polar surface area (TPSA) is 68.7 Å². The van der Waals surface area contributed by atoms with Crippen LogP contribution in [0.25, 0.3) is 0 Å². The molecule has 0 radical (unpaired) electrons. The first-order valence-electron chi connectivity index (χ1n) is 10.8. The standard InChI is InChI=1S/C22H33N7S.HI/c1-2-23-21(25-13-19-30-20-8-4-3-5-9-20)24-12-7-14-28-15-17-29(18-16-28)22-26-10-6-11-27-22;/h3-6,8-11H,2,7,12-19H2,1H3,(H2,23,24,25);1H. The molecule has 0 unspecified atom stereocenters. The Kier molecular flexibility index (Phi) is 12.6. The van der Waals surface area contributed by atoms with Crippen molar-refractivity contribution in [2.45, 2.75) is 18.2 Å². The Hall–Kier alpha value is -1.59. The van der Waals surface area contributed by atoms with E-state index in [1.165, 1.54) is 4.90 Å². The number of halogens is 1. The van der Waals surface area contributed by atoms with Crippen molar-refractivity contribution >= 4 is 47.6 Å². The molecule has 0 bridgehead atoms. The first-order chi connectivity index (χ1) is 14.8. The molecule has 3 rings (SSSR count). The molecule has 7 nitrogen and oxygen atoms in total. The molecule has 0 spiro atoms. The number of rotatable bonds is 10. The highest BCUT2D eigenvalue weighted by atomic mass is 127. The molecule has 1 aliphatic heterocycles. The Labute approximate surface area is 207 Å². The lowest BCUT2D eigenvalue weighted by Gasteiger charge is -2.34. The molecule has 2 heterocycles. The van der Waals surface area contributed by atoms with Gasteiger partial charge in [0.05, 0.1) is 0 Å². The fraction of sp³-hybridized carbons (Fsp3) is 0.500. The Bertz CT molecular complexity index is 740. The summed E-state index contributed by atoms with van der Waals surface area (Å²) in [6.07, 6.45) is 4.68. The van der Waals surface area contributed by atoms with Crippen LogP contribution >= 0.6 is 35.7 Å². The molecule has 9 heteroatoms. The number of aromatic nitrogens is 2. The van der Waals surface area contributed by atoms with Gasteiger partial charge in [0.2, 0.25) is 5.95 Å². The minimum absolute atomic E-state index is 0. The van der Waals surface area contributed by atoms with E-state index < -0.39 is 0 Å². The Morgan fingerprint density at radius 3 is 2.48 bits per heavy atom. The smallest absolute Gasteiger partial charge is 0.225 e. The van der Waals surface area contributed by atoms with Crippen LogP contribution in [0.15, 0.2) is 58.7 Å². The van der Waals surface area contributed by atoms with E-state index in [2.05, 4.69) is 67.7 Å². The summed E-state index contributed by atoms with van der Waals surface area (Å²) >= 11 is 1.86. The Morgan fingerprint density at radius 1 is 1.03 bits per heavy atom. The summed E-state index contributed by atoms with van der Waals surface area (Å²) in [7, 11) is 0. The van der Waals surface area contributed by atoms with E-state index >= 15 is 0 Å². The van der Waals surface area contributed by atoms with Gasteiger partial charge in [0.1, 0.15) is 0 Å². The molecule has 31 heavy (non-hydrogen) atoms. The molecule has 0 amide bonds. The third-order valence-corrected chi connectivity index (χ3v) is 5.87. The number of thioether (sulfide) groups is 1. The largest absolute Gasteiger partial charge is 0.357 e. The number of guanidine groups is 1. The van der Waals surface area contributed by atoms with E-state index in [-0.39, 0.29) is 24.0 Å². The highest BCUT2D eigenvalue weighted by Crippen LogP contribution is 2.15. The van der Waals surface area contributed by atoms with Crippen molar-refractivity contribution in [2.24, 2.45) is 4.99 Å². The number of piperazine rings is 1. The lowest BCUT2D eigenvalue weighted by Crippen LogP contribution is -2.47. The van der Waals surface area contributed by atoms with Crippen LogP contribution in [0.2, 0.25) is 0 Å².